The first-order chi connectivity index (χ1) is 8.31. The quantitative estimate of drug-likeness (QED) is 0.605. The molecule has 1 aromatic carbocycles. The lowest BCUT2D eigenvalue weighted by Gasteiger charge is -2.23. The second kappa shape index (κ2) is 6.48. The lowest BCUT2D eigenvalue weighted by Crippen LogP contribution is -2.30. The van der Waals surface area contributed by atoms with E-state index in [0.29, 0.717) is 0 Å². The van der Waals surface area contributed by atoms with Crippen LogP contribution in [0.5, 0.6) is 0 Å². The molecule has 1 rings (SSSR count). The zero-order chi connectivity index (χ0) is 13.8. The molecule has 0 aliphatic rings. The van der Waals surface area contributed by atoms with Gasteiger partial charge in [0.1, 0.15) is 5.60 Å². The molecule has 0 heterocycles. The van der Waals surface area contributed by atoms with Crippen LogP contribution in [0.3, 0.4) is 0 Å². The average Bonchev–Trinajstić information content (AvgIpc) is 2.27. The molecular weight excluding hydrogens is 314 g/mol. The second-order valence-corrected chi connectivity index (χ2v) is 6.61. The molecule has 0 aliphatic carbocycles. The summed E-state index contributed by atoms with van der Waals surface area (Å²) in [6, 6.07) is 8.03. The number of amides is 1. The first-order valence-corrected chi connectivity index (χ1v) is 7.51. The zero-order valence-corrected chi connectivity index (χ0v) is 13.5. The minimum Gasteiger partial charge on any atom is -0.443 e. The van der Waals surface area contributed by atoms with E-state index >= 15 is 0 Å². The van der Waals surface area contributed by atoms with E-state index in [4.69, 9.17) is 4.74 Å². The molecule has 1 aromatic rings. The highest BCUT2D eigenvalue weighted by Gasteiger charge is 2.20. The number of nitrogens with zero attached hydrogens (tertiary/aromatic N) is 1. The molecular formula is C13H18BrNO2S. The van der Waals surface area contributed by atoms with E-state index in [1.54, 1.807) is 7.05 Å². The minimum atomic E-state index is -0.467. The van der Waals surface area contributed by atoms with Crippen molar-refractivity contribution in [3.05, 3.63) is 29.8 Å². The molecule has 0 saturated carbocycles. The molecule has 0 atom stereocenters. The van der Waals surface area contributed by atoms with Crippen molar-refractivity contribution in [2.75, 3.05) is 7.05 Å². The van der Waals surface area contributed by atoms with Gasteiger partial charge in [-0.2, -0.15) is 0 Å². The van der Waals surface area contributed by atoms with Crippen LogP contribution in [-0.4, -0.2) is 23.0 Å². The summed E-state index contributed by atoms with van der Waals surface area (Å²) in [6.45, 7) is 5.57. The van der Waals surface area contributed by atoms with Crippen LogP contribution in [0.15, 0.2) is 29.2 Å². The number of carbonyl (C=O) groups excluding carboxylic acids is 1. The largest absolute Gasteiger partial charge is 0.443 e. The van der Waals surface area contributed by atoms with Gasteiger partial charge in [0, 0.05) is 17.3 Å². The Morgan fingerprint density at radius 3 is 2.33 bits per heavy atom. The van der Waals surface area contributed by atoms with Gasteiger partial charge in [0.25, 0.3) is 0 Å². The summed E-state index contributed by atoms with van der Waals surface area (Å²) >= 11 is 4.75. The van der Waals surface area contributed by atoms with Crippen LogP contribution in [0.25, 0.3) is 0 Å². The van der Waals surface area contributed by atoms with Crippen molar-refractivity contribution in [2.24, 2.45) is 0 Å². The lowest BCUT2D eigenvalue weighted by atomic mass is 10.2. The van der Waals surface area contributed by atoms with E-state index in [-0.39, 0.29) is 6.09 Å². The van der Waals surface area contributed by atoms with Crippen LogP contribution in [-0.2, 0) is 10.1 Å². The van der Waals surface area contributed by atoms with Crippen molar-refractivity contribution < 1.29 is 9.53 Å². The summed E-state index contributed by atoms with van der Waals surface area (Å²) in [5.41, 5.74) is 0.741. The molecule has 0 spiro atoms. The molecule has 1 amide bonds. The van der Waals surface area contributed by atoms with E-state index in [9.17, 15) is 4.79 Å². The molecule has 0 fully saturated rings. The number of rotatable bonds is 3. The number of hydrogen-bond acceptors (Lipinski definition) is 3. The van der Waals surface area contributed by atoms with Gasteiger partial charge in [0.2, 0.25) is 0 Å². The second-order valence-electron chi connectivity index (χ2n) is 4.85. The van der Waals surface area contributed by atoms with Gasteiger partial charge < -0.3 is 4.74 Å². The van der Waals surface area contributed by atoms with Gasteiger partial charge in [0.05, 0.1) is 0 Å². The molecule has 0 radical (unpaired) electrons. The van der Waals surface area contributed by atoms with Gasteiger partial charge >= 0.3 is 6.09 Å². The highest BCUT2D eigenvalue weighted by Crippen LogP contribution is 2.24. The molecule has 0 aliphatic heterocycles. The standard InChI is InChI=1S/C13H18BrNO2S/c1-13(2,3)17-12(16)15(4)18-11-7-5-10(9-14)6-8-11/h5-8H,9H2,1-4H3. The molecule has 0 unspecified atom stereocenters. The predicted molar refractivity (Wildman–Crippen MR) is 78.9 cm³/mol. The number of ether oxygens (including phenoxy) is 1. The molecule has 3 nitrogen and oxygen atoms in total. The monoisotopic (exact) mass is 331 g/mol. The van der Waals surface area contributed by atoms with Crippen molar-refractivity contribution in [1.29, 1.82) is 0 Å². The summed E-state index contributed by atoms with van der Waals surface area (Å²) in [7, 11) is 1.71. The maximum atomic E-state index is 11.8. The molecule has 0 saturated heterocycles. The number of benzene rings is 1. The van der Waals surface area contributed by atoms with Gasteiger partial charge in [-0.05, 0) is 50.4 Å². The third kappa shape index (κ3) is 5.31. The van der Waals surface area contributed by atoms with Crippen LogP contribution in [0.1, 0.15) is 26.3 Å². The van der Waals surface area contributed by atoms with Crippen molar-refractivity contribution >= 4 is 34.0 Å². The maximum absolute atomic E-state index is 11.8. The topological polar surface area (TPSA) is 29.5 Å². The molecule has 5 heteroatoms. The fourth-order valence-corrected chi connectivity index (χ4v) is 2.22. The Morgan fingerprint density at radius 2 is 1.89 bits per heavy atom. The SMILES string of the molecule is CN(Sc1ccc(CBr)cc1)C(=O)OC(C)(C)C. The summed E-state index contributed by atoms with van der Waals surface area (Å²) in [5, 5.41) is 0.833. The van der Waals surface area contributed by atoms with Gasteiger partial charge in [0.15, 0.2) is 0 Å². The number of carbonyl (C=O) groups is 1. The van der Waals surface area contributed by atoms with Gasteiger partial charge in [-0.1, -0.05) is 28.1 Å². The average molecular weight is 332 g/mol. The fourth-order valence-electron chi connectivity index (χ4n) is 1.16. The fraction of sp³-hybridized carbons (Fsp3) is 0.462. The van der Waals surface area contributed by atoms with Gasteiger partial charge in [-0.3, -0.25) is 4.31 Å². The van der Waals surface area contributed by atoms with E-state index < -0.39 is 5.60 Å². The molecule has 0 aromatic heterocycles. The maximum Gasteiger partial charge on any atom is 0.420 e. The molecule has 100 valence electrons. The Hall–Kier alpha value is -0.680. The molecule has 18 heavy (non-hydrogen) atoms. The van der Waals surface area contributed by atoms with Crippen molar-refractivity contribution in [3.63, 3.8) is 0 Å². The number of alkyl halides is 1. The van der Waals surface area contributed by atoms with E-state index in [2.05, 4.69) is 15.9 Å². The summed E-state index contributed by atoms with van der Waals surface area (Å²) in [4.78, 5) is 12.8. The Balaban J connectivity index is 2.58. The highest BCUT2D eigenvalue weighted by molar-refractivity contribution is 9.08. The van der Waals surface area contributed by atoms with Crippen LogP contribution in [0.2, 0.25) is 0 Å². The first kappa shape index (κ1) is 15.4. The third-order valence-electron chi connectivity index (χ3n) is 1.97. The third-order valence-corrected chi connectivity index (χ3v) is 3.52. The smallest absolute Gasteiger partial charge is 0.420 e. The predicted octanol–water partition coefficient (Wildman–Crippen LogP) is 4.46. The van der Waals surface area contributed by atoms with Crippen molar-refractivity contribution in [3.8, 4) is 0 Å². The van der Waals surface area contributed by atoms with E-state index in [1.165, 1.54) is 21.8 Å². The Labute approximate surface area is 121 Å². The normalized spacial score (nSPS) is 11.2. The van der Waals surface area contributed by atoms with Crippen LogP contribution >= 0.6 is 27.9 Å². The van der Waals surface area contributed by atoms with Crippen molar-refractivity contribution in [1.82, 2.24) is 4.31 Å². The summed E-state index contributed by atoms with van der Waals surface area (Å²) in [6.07, 6.45) is -0.336. The van der Waals surface area contributed by atoms with Crippen LogP contribution in [0.4, 0.5) is 4.79 Å². The number of halogens is 1. The summed E-state index contributed by atoms with van der Waals surface area (Å²) in [5.74, 6) is 0. The Morgan fingerprint density at radius 1 is 1.33 bits per heavy atom. The van der Waals surface area contributed by atoms with Gasteiger partial charge in [-0.15, -0.1) is 0 Å². The minimum absolute atomic E-state index is 0.336. The van der Waals surface area contributed by atoms with E-state index in [1.807, 2.05) is 45.0 Å². The first-order valence-electron chi connectivity index (χ1n) is 5.61. The molecule has 0 N–H and O–H groups in total. The highest BCUT2D eigenvalue weighted by atomic mass is 79.9. The number of hydrogen-bond donors (Lipinski definition) is 0. The van der Waals surface area contributed by atoms with Crippen LogP contribution < -0.4 is 0 Å². The Kier molecular flexibility index (Phi) is 5.53. The zero-order valence-electron chi connectivity index (χ0n) is 11.1. The lowest BCUT2D eigenvalue weighted by molar-refractivity contribution is 0.0433. The van der Waals surface area contributed by atoms with E-state index in [0.717, 1.165) is 10.2 Å². The Bertz CT molecular complexity index is 400. The van der Waals surface area contributed by atoms with Gasteiger partial charge in [-0.25, -0.2) is 4.79 Å². The van der Waals surface area contributed by atoms with Crippen LogP contribution in [0, 0.1) is 0 Å². The molecule has 0 bridgehead atoms. The summed E-state index contributed by atoms with van der Waals surface area (Å²) < 4.78 is 6.77. The van der Waals surface area contributed by atoms with Crippen molar-refractivity contribution in [2.45, 2.75) is 36.6 Å².